The number of aromatic nitrogens is 2. The van der Waals surface area contributed by atoms with E-state index in [2.05, 4.69) is 15.1 Å². The molecule has 1 amide bonds. The molecule has 0 N–H and O–H groups in total. The second-order valence-electron chi connectivity index (χ2n) is 6.29. The molecule has 1 aromatic heterocycles. The highest BCUT2D eigenvalue weighted by Crippen LogP contribution is 2.23. The molecular weight excluding hydrogens is 319 g/mol. The molecule has 0 aliphatic carbocycles. The number of amides is 1. The van der Waals surface area contributed by atoms with Crippen LogP contribution in [-0.4, -0.2) is 40.6 Å². The second kappa shape index (κ2) is 7.59. The Hall–Kier alpha value is -2.50. The number of halogens is 1. The van der Waals surface area contributed by atoms with Crippen molar-refractivity contribution < 1.29 is 9.18 Å². The van der Waals surface area contributed by atoms with Gasteiger partial charge in [0.1, 0.15) is 5.82 Å². The molecule has 1 saturated heterocycles. The molecule has 5 nitrogen and oxygen atoms in total. The van der Waals surface area contributed by atoms with Gasteiger partial charge in [0.25, 0.3) is 5.91 Å². The zero-order chi connectivity index (χ0) is 17.8. The fourth-order valence-electron chi connectivity index (χ4n) is 3.22. The van der Waals surface area contributed by atoms with Crippen molar-refractivity contribution in [1.82, 2.24) is 15.1 Å². The van der Waals surface area contributed by atoms with E-state index < -0.39 is 0 Å². The zero-order valence-electron chi connectivity index (χ0n) is 14.7. The third kappa shape index (κ3) is 3.78. The van der Waals surface area contributed by atoms with Crippen molar-refractivity contribution in [2.75, 3.05) is 24.5 Å². The molecule has 1 aliphatic rings. The van der Waals surface area contributed by atoms with E-state index in [0.29, 0.717) is 12.2 Å². The van der Waals surface area contributed by atoms with Gasteiger partial charge < -0.3 is 9.80 Å². The summed E-state index contributed by atoms with van der Waals surface area (Å²) in [5.74, 6) is 0.372. The SMILES string of the molecule is CCN(C(=O)c1ccc(N2CCCC2)nn1)C(C)c1ccc(F)cc1. The molecule has 0 spiro atoms. The minimum Gasteiger partial charge on any atom is -0.355 e. The van der Waals surface area contributed by atoms with Gasteiger partial charge in [0, 0.05) is 19.6 Å². The number of carbonyl (C=O) groups excluding carboxylic acids is 1. The van der Waals surface area contributed by atoms with Crippen LogP contribution in [0.5, 0.6) is 0 Å². The monoisotopic (exact) mass is 342 g/mol. The van der Waals surface area contributed by atoms with Crippen LogP contribution in [0.1, 0.15) is 48.8 Å². The average molecular weight is 342 g/mol. The summed E-state index contributed by atoms with van der Waals surface area (Å²) in [5, 5.41) is 8.36. The van der Waals surface area contributed by atoms with Gasteiger partial charge in [0.2, 0.25) is 0 Å². The van der Waals surface area contributed by atoms with Crippen molar-refractivity contribution in [3.8, 4) is 0 Å². The molecule has 1 fully saturated rings. The highest BCUT2D eigenvalue weighted by Gasteiger charge is 2.23. The standard InChI is InChI=1S/C19H23FN4O/c1-3-24(14(2)15-6-8-16(20)9-7-15)19(25)17-10-11-18(22-21-17)23-12-4-5-13-23/h6-11,14H,3-5,12-13H2,1-2H3. The molecule has 25 heavy (non-hydrogen) atoms. The minimum atomic E-state index is -0.284. The fourth-order valence-corrected chi connectivity index (χ4v) is 3.22. The second-order valence-corrected chi connectivity index (χ2v) is 6.29. The third-order valence-corrected chi connectivity index (χ3v) is 4.72. The Morgan fingerprint density at radius 3 is 2.40 bits per heavy atom. The summed E-state index contributed by atoms with van der Waals surface area (Å²) in [6.45, 7) is 6.37. The molecule has 0 radical (unpaired) electrons. The van der Waals surface area contributed by atoms with Gasteiger partial charge in [-0.15, -0.1) is 10.2 Å². The van der Waals surface area contributed by atoms with E-state index in [1.807, 2.05) is 19.9 Å². The minimum absolute atomic E-state index is 0.167. The van der Waals surface area contributed by atoms with Crippen molar-refractivity contribution in [2.24, 2.45) is 0 Å². The number of nitrogens with zero attached hydrogens (tertiary/aromatic N) is 4. The van der Waals surface area contributed by atoms with Crippen LogP contribution in [0.2, 0.25) is 0 Å². The van der Waals surface area contributed by atoms with Crippen LogP contribution in [0.4, 0.5) is 10.2 Å². The molecule has 1 atom stereocenters. The van der Waals surface area contributed by atoms with Crippen LogP contribution >= 0.6 is 0 Å². The van der Waals surface area contributed by atoms with Gasteiger partial charge in [-0.25, -0.2) is 4.39 Å². The molecule has 1 aromatic carbocycles. The normalized spacial score (nSPS) is 15.2. The first-order valence-corrected chi connectivity index (χ1v) is 8.75. The number of benzene rings is 1. The predicted molar refractivity (Wildman–Crippen MR) is 95.0 cm³/mol. The molecule has 0 saturated carbocycles. The Labute approximate surface area is 147 Å². The largest absolute Gasteiger partial charge is 0.355 e. The van der Waals surface area contributed by atoms with Crippen LogP contribution in [0, 0.1) is 5.82 Å². The maximum Gasteiger partial charge on any atom is 0.274 e. The molecule has 0 bridgehead atoms. The van der Waals surface area contributed by atoms with E-state index in [-0.39, 0.29) is 17.8 Å². The Morgan fingerprint density at radius 1 is 1.16 bits per heavy atom. The summed E-state index contributed by atoms with van der Waals surface area (Å²) in [7, 11) is 0. The van der Waals surface area contributed by atoms with Crippen LogP contribution in [-0.2, 0) is 0 Å². The van der Waals surface area contributed by atoms with E-state index >= 15 is 0 Å². The van der Waals surface area contributed by atoms with Crippen LogP contribution in [0.25, 0.3) is 0 Å². The van der Waals surface area contributed by atoms with Crippen molar-refractivity contribution in [3.05, 3.63) is 53.5 Å². The quantitative estimate of drug-likeness (QED) is 0.835. The highest BCUT2D eigenvalue weighted by atomic mass is 19.1. The third-order valence-electron chi connectivity index (χ3n) is 4.72. The lowest BCUT2D eigenvalue weighted by Gasteiger charge is -2.28. The van der Waals surface area contributed by atoms with Gasteiger partial charge in [-0.2, -0.15) is 0 Å². The Morgan fingerprint density at radius 2 is 1.84 bits per heavy atom. The lowest BCUT2D eigenvalue weighted by atomic mass is 10.1. The first-order chi connectivity index (χ1) is 12.1. The van der Waals surface area contributed by atoms with Gasteiger partial charge >= 0.3 is 0 Å². The summed E-state index contributed by atoms with van der Waals surface area (Å²) < 4.78 is 13.1. The molecule has 3 rings (SSSR count). The smallest absolute Gasteiger partial charge is 0.274 e. The summed E-state index contributed by atoms with van der Waals surface area (Å²) in [6.07, 6.45) is 2.34. The van der Waals surface area contributed by atoms with E-state index in [0.717, 1.165) is 24.5 Å². The number of hydrogen-bond acceptors (Lipinski definition) is 4. The van der Waals surface area contributed by atoms with Crippen molar-refractivity contribution in [3.63, 3.8) is 0 Å². The van der Waals surface area contributed by atoms with E-state index in [4.69, 9.17) is 0 Å². The Bertz CT molecular complexity index is 711. The average Bonchev–Trinajstić information content (AvgIpc) is 3.17. The van der Waals surface area contributed by atoms with Crippen molar-refractivity contribution in [1.29, 1.82) is 0 Å². The van der Waals surface area contributed by atoms with Crippen LogP contribution in [0.3, 0.4) is 0 Å². The lowest BCUT2D eigenvalue weighted by molar-refractivity contribution is 0.0695. The van der Waals surface area contributed by atoms with Crippen molar-refractivity contribution >= 4 is 11.7 Å². The number of hydrogen-bond donors (Lipinski definition) is 0. The molecule has 1 unspecified atom stereocenters. The maximum absolute atomic E-state index is 13.1. The molecule has 132 valence electrons. The van der Waals surface area contributed by atoms with Crippen LogP contribution in [0.15, 0.2) is 36.4 Å². The first-order valence-electron chi connectivity index (χ1n) is 8.75. The summed E-state index contributed by atoms with van der Waals surface area (Å²) in [5.41, 5.74) is 1.22. The van der Waals surface area contributed by atoms with Crippen LogP contribution < -0.4 is 4.90 Å². The van der Waals surface area contributed by atoms with Gasteiger partial charge in [0.05, 0.1) is 6.04 Å². The van der Waals surface area contributed by atoms with Gasteiger partial charge in [-0.05, 0) is 56.5 Å². The number of rotatable bonds is 5. The summed E-state index contributed by atoms with van der Waals surface area (Å²) in [4.78, 5) is 16.7. The van der Waals surface area contributed by atoms with E-state index in [1.54, 1.807) is 23.1 Å². The van der Waals surface area contributed by atoms with E-state index in [1.165, 1.54) is 25.0 Å². The van der Waals surface area contributed by atoms with Crippen molar-refractivity contribution in [2.45, 2.75) is 32.7 Å². The van der Waals surface area contributed by atoms with Gasteiger partial charge in [0.15, 0.2) is 11.5 Å². The predicted octanol–water partition coefficient (Wildman–Crippen LogP) is 3.44. The van der Waals surface area contributed by atoms with E-state index in [9.17, 15) is 9.18 Å². The molecule has 6 heteroatoms. The zero-order valence-corrected chi connectivity index (χ0v) is 14.7. The topological polar surface area (TPSA) is 49.3 Å². The number of anilines is 1. The lowest BCUT2D eigenvalue weighted by Crippen LogP contribution is -2.34. The molecule has 1 aliphatic heterocycles. The fraction of sp³-hybridized carbons (Fsp3) is 0.421. The molecule has 2 heterocycles. The van der Waals surface area contributed by atoms with Gasteiger partial charge in [-0.1, -0.05) is 12.1 Å². The maximum atomic E-state index is 13.1. The summed E-state index contributed by atoms with van der Waals surface area (Å²) in [6, 6.07) is 9.67. The van der Waals surface area contributed by atoms with Gasteiger partial charge in [-0.3, -0.25) is 4.79 Å². The summed E-state index contributed by atoms with van der Waals surface area (Å²) >= 11 is 0. The molecule has 2 aromatic rings. The first kappa shape index (κ1) is 17.3. The number of carbonyl (C=O) groups is 1. The Kier molecular flexibility index (Phi) is 5.26. The Balaban J connectivity index is 1.76. The molecular formula is C19H23FN4O. The highest BCUT2D eigenvalue weighted by molar-refractivity contribution is 5.92.